The van der Waals surface area contributed by atoms with Gasteiger partial charge >= 0.3 is 0 Å². The molecule has 114 valence electrons. The molecular weight excluding hydrogens is 274 g/mol. The number of hydrogen-bond acceptors (Lipinski definition) is 5. The van der Waals surface area contributed by atoms with Crippen molar-refractivity contribution in [3.63, 3.8) is 0 Å². The Kier molecular flexibility index (Phi) is 8.49. The number of hydrogen-bond donors (Lipinski definition) is 1. The molecule has 0 aliphatic rings. The monoisotopic (exact) mass is 299 g/mol. The molecule has 1 N–H and O–H groups in total. The first kappa shape index (κ1) is 17.1. The van der Waals surface area contributed by atoms with Crippen molar-refractivity contribution < 1.29 is 14.2 Å². The zero-order chi connectivity index (χ0) is 14.8. The summed E-state index contributed by atoms with van der Waals surface area (Å²) in [6.45, 7) is 3.82. The van der Waals surface area contributed by atoms with Crippen molar-refractivity contribution in [1.82, 2.24) is 5.32 Å². The lowest BCUT2D eigenvalue weighted by Gasteiger charge is -2.21. The highest BCUT2D eigenvalue weighted by molar-refractivity contribution is 7.99. The Labute approximate surface area is 126 Å². The van der Waals surface area contributed by atoms with E-state index in [1.807, 2.05) is 23.9 Å². The van der Waals surface area contributed by atoms with Gasteiger partial charge in [-0.1, -0.05) is 13.0 Å². The van der Waals surface area contributed by atoms with Gasteiger partial charge in [-0.2, -0.15) is 11.8 Å². The van der Waals surface area contributed by atoms with Crippen LogP contribution in [0.4, 0.5) is 0 Å². The van der Waals surface area contributed by atoms with Gasteiger partial charge in [0.1, 0.15) is 11.5 Å². The Balaban J connectivity index is 2.78. The molecule has 4 nitrogen and oxygen atoms in total. The molecule has 0 amide bonds. The maximum Gasteiger partial charge on any atom is 0.127 e. The molecule has 0 aliphatic heterocycles. The summed E-state index contributed by atoms with van der Waals surface area (Å²) in [4.78, 5) is 0. The minimum absolute atomic E-state index is 0.266. The van der Waals surface area contributed by atoms with Crippen LogP contribution in [-0.2, 0) is 4.74 Å². The maximum absolute atomic E-state index is 5.49. The van der Waals surface area contributed by atoms with Crippen molar-refractivity contribution >= 4 is 11.8 Å². The lowest BCUT2D eigenvalue weighted by Crippen LogP contribution is -2.23. The summed E-state index contributed by atoms with van der Waals surface area (Å²) in [6, 6.07) is 6.24. The second-order valence-corrected chi connectivity index (χ2v) is 5.44. The van der Waals surface area contributed by atoms with Gasteiger partial charge < -0.3 is 19.5 Å². The predicted molar refractivity (Wildman–Crippen MR) is 85.2 cm³/mol. The molecule has 0 radical (unpaired) electrons. The molecule has 1 rings (SSSR count). The van der Waals surface area contributed by atoms with Crippen LogP contribution in [0.2, 0.25) is 0 Å². The van der Waals surface area contributed by atoms with E-state index < -0.39 is 0 Å². The molecule has 0 fully saturated rings. The minimum atomic E-state index is 0.266. The maximum atomic E-state index is 5.49. The van der Waals surface area contributed by atoms with Crippen molar-refractivity contribution in [3.05, 3.63) is 23.8 Å². The van der Waals surface area contributed by atoms with Crippen LogP contribution in [0.3, 0.4) is 0 Å². The number of benzene rings is 1. The van der Waals surface area contributed by atoms with Gasteiger partial charge in [-0.25, -0.2) is 0 Å². The largest absolute Gasteiger partial charge is 0.497 e. The second kappa shape index (κ2) is 9.91. The summed E-state index contributed by atoms with van der Waals surface area (Å²) >= 11 is 1.88. The van der Waals surface area contributed by atoms with Crippen LogP contribution in [0.5, 0.6) is 11.5 Å². The van der Waals surface area contributed by atoms with Crippen molar-refractivity contribution in [3.8, 4) is 11.5 Å². The second-order valence-electron chi connectivity index (χ2n) is 4.29. The highest BCUT2D eigenvalue weighted by atomic mass is 32.2. The molecule has 0 aromatic heterocycles. The number of methoxy groups -OCH3 is 3. The van der Waals surface area contributed by atoms with Gasteiger partial charge in [0, 0.05) is 36.3 Å². The minimum Gasteiger partial charge on any atom is -0.497 e. The van der Waals surface area contributed by atoms with Crippen LogP contribution in [0, 0.1) is 0 Å². The summed E-state index contributed by atoms with van der Waals surface area (Å²) in [7, 11) is 5.09. The predicted octanol–water partition coefficient (Wildman–Crippen LogP) is 2.73. The molecule has 1 unspecified atom stereocenters. The smallest absolute Gasteiger partial charge is 0.127 e. The van der Waals surface area contributed by atoms with Crippen molar-refractivity contribution in [2.75, 3.05) is 46.0 Å². The normalized spacial score (nSPS) is 12.2. The van der Waals surface area contributed by atoms with E-state index in [1.165, 1.54) is 5.56 Å². The first-order chi connectivity index (χ1) is 9.76. The molecule has 1 atom stereocenters. The van der Waals surface area contributed by atoms with E-state index in [0.29, 0.717) is 0 Å². The SMILES string of the molecule is CCNC(CSCCOC)c1ccc(OC)cc1OC. The first-order valence-electron chi connectivity index (χ1n) is 6.78. The van der Waals surface area contributed by atoms with Crippen molar-refractivity contribution in [1.29, 1.82) is 0 Å². The summed E-state index contributed by atoms with van der Waals surface area (Å²) < 4.78 is 15.8. The quantitative estimate of drug-likeness (QED) is 0.673. The molecule has 0 saturated heterocycles. The van der Waals surface area contributed by atoms with Crippen LogP contribution in [0.25, 0.3) is 0 Å². The zero-order valence-electron chi connectivity index (χ0n) is 12.8. The Bertz CT molecular complexity index is 387. The molecule has 0 aliphatic carbocycles. The van der Waals surface area contributed by atoms with E-state index in [0.717, 1.165) is 36.2 Å². The Morgan fingerprint density at radius 2 is 2.00 bits per heavy atom. The standard InChI is InChI=1S/C15H25NO3S/c1-5-16-14(11-20-9-8-17-2)13-7-6-12(18-3)10-15(13)19-4/h6-7,10,14,16H,5,8-9,11H2,1-4H3. The molecule has 0 spiro atoms. The molecule has 20 heavy (non-hydrogen) atoms. The highest BCUT2D eigenvalue weighted by Crippen LogP contribution is 2.31. The fraction of sp³-hybridized carbons (Fsp3) is 0.600. The van der Waals surface area contributed by atoms with E-state index in [9.17, 15) is 0 Å². The van der Waals surface area contributed by atoms with Crippen LogP contribution in [0.15, 0.2) is 18.2 Å². The van der Waals surface area contributed by atoms with Crippen LogP contribution in [-0.4, -0.2) is 46.0 Å². The lowest BCUT2D eigenvalue weighted by molar-refractivity contribution is 0.218. The van der Waals surface area contributed by atoms with Crippen LogP contribution in [0.1, 0.15) is 18.5 Å². The van der Waals surface area contributed by atoms with E-state index in [4.69, 9.17) is 14.2 Å². The fourth-order valence-electron chi connectivity index (χ4n) is 1.95. The number of ether oxygens (including phenoxy) is 3. The summed E-state index contributed by atoms with van der Waals surface area (Å²) in [5.41, 5.74) is 1.17. The summed E-state index contributed by atoms with van der Waals surface area (Å²) in [5, 5.41) is 3.51. The molecule has 1 aromatic carbocycles. The van der Waals surface area contributed by atoms with Gasteiger partial charge in [0.05, 0.1) is 20.8 Å². The Morgan fingerprint density at radius 3 is 2.60 bits per heavy atom. The molecule has 0 bridgehead atoms. The van der Waals surface area contributed by atoms with E-state index in [-0.39, 0.29) is 6.04 Å². The van der Waals surface area contributed by atoms with Crippen LogP contribution >= 0.6 is 11.8 Å². The first-order valence-corrected chi connectivity index (χ1v) is 7.94. The average molecular weight is 299 g/mol. The fourth-order valence-corrected chi connectivity index (χ4v) is 2.94. The molecule has 0 heterocycles. The van der Waals surface area contributed by atoms with Gasteiger partial charge in [-0.05, 0) is 12.6 Å². The topological polar surface area (TPSA) is 39.7 Å². The lowest BCUT2D eigenvalue weighted by atomic mass is 10.1. The Hall–Kier alpha value is -0.910. The van der Waals surface area contributed by atoms with Crippen molar-refractivity contribution in [2.24, 2.45) is 0 Å². The summed E-state index contributed by atoms with van der Waals surface area (Å²) in [5.74, 6) is 3.66. The number of nitrogens with one attached hydrogen (secondary N) is 1. The molecule has 1 aromatic rings. The summed E-state index contributed by atoms with van der Waals surface area (Å²) in [6.07, 6.45) is 0. The van der Waals surface area contributed by atoms with Gasteiger partial charge in [-0.15, -0.1) is 0 Å². The molecule has 0 saturated carbocycles. The van der Waals surface area contributed by atoms with Crippen molar-refractivity contribution in [2.45, 2.75) is 13.0 Å². The van der Waals surface area contributed by atoms with Gasteiger partial charge in [0.25, 0.3) is 0 Å². The van der Waals surface area contributed by atoms with E-state index in [1.54, 1.807) is 21.3 Å². The third-order valence-corrected chi connectivity index (χ3v) is 4.01. The van der Waals surface area contributed by atoms with E-state index >= 15 is 0 Å². The van der Waals surface area contributed by atoms with Gasteiger partial charge in [-0.3, -0.25) is 0 Å². The molecular formula is C15H25NO3S. The number of thioether (sulfide) groups is 1. The number of rotatable bonds is 10. The Morgan fingerprint density at radius 1 is 1.20 bits per heavy atom. The van der Waals surface area contributed by atoms with Gasteiger partial charge in [0.15, 0.2) is 0 Å². The zero-order valence-corrected chi connectivity index (χ0v) is 13.6. The van der Waals surface area contributed by atoms with Gasteiger partial charge in [0.2, 0.25) is 0 Å². The molecule has 5 heteroatoms. The third-order valence-electron chi connectivity index (χ3n) is 2.98. The third kappa shape index (κ3) is 5.23. The average Bonchev–Trinajstić information content (AvgIpc) is 2.49. The van der Waals surface area contributed by atoms with E-state index in [2.05, 4.69) is 18.3 Å². The van der Waals surface area contributed by atoms with Crippen LogP contribution < -0.4 is 14.8 Å². The highest BCUT2D eigenvalue weighted by Gasteiger charge is 2.16.